The maximum Gasteiger partial charge on any atom is 0.184 e. The number of fused-ring (bicyclic) bond motifs is 1. The van der Waals surface area contributed by atoms with Gasteiger partial charge in [-0.1, -0.05) is 0 Å². The molecule has 6 heteroatoms. The number of aryl methyl sites for hydroxylation is 1. The van der Waals surface area contributed by atoms with Gasteiger partial charge in [-0.05, 0) is 31.4 Å². The van der Waals surface area contributed by atoms with Crippen LogP contribution < -0.4 is 0 Å². The molecule has 20 heavy (non-hydrogen) atoms. The van der Waals surface area contributed by atoms with Crippen molar-refractivity contribution in [2.45, 2.75) is 37.8 Å². The minimum absolute atomic E-state index is 0.168. The third-order valence-electron chi connectivity index (χ3n) is 3.70. The minimum Gasteiger partial charge on any atom is -0.378 e. The predicted molar refractivity (Wildman–Crippen MR) is 72.8 cm³/mol. The highest BCUT2D eigenvalue weighted by molar-refractivity contribution is 6.16. The molecule has 0 N–H and O–H groups in total. The molecule has 1 saturated heterocycles. The SMILES string of the molecule is Fc1ccc2nc(CCl)n(CCC3CCCO3)c2c1F. The van der Waals surface area contributed by atoms with Crippen LogP contribution in [0.4, 0.5) is 8.78 Å². The van der Waals surface area contributed by atoms with Crippen molar-refractivity contribution in [2.24, 2.45) is 0 Å². The van der Waals surface area contributed by atoms with Crippen LogP contribution in [0, 0.1) is 11.6 Å². The van der Waals surface area contributed by atoms with Gasteiger partial charge in [0.2, 0.25) is 0 Å². The second kappa shape index (κ2) is 5.66. The molecule has 1 fully saturated rings. The summed E-state index contributed by atoms with van der Waals surface area (Å²) in [6.45, 7) is 1.31. The first-order valence-electron chi connectivity index (χ1n) is 6.71. The normalized spacial score (nSPS) is 19.1. The second-order valence-electron chi connectivity index (χ2n) is 4.97. The van der Waals surface area contributed by atoms with Gasteiger partial charge in [0.25, 0.3) is 0 Å². The zero-order valence-electron chi connectivity index (χ0n) is 10.9. The molecule has 1 unspecified atom stereocenters. The molecule has 0 amide bonds. The highest BCUT2D eigenvalue weighted by atomic mass is 35.5. The number of halogens is 3. The fourth-order valence-corrected chi connectivity index (χ4v) is 2.90. The third kappa shape index (κ3) is 2.40. The molecule has 3 rings (SSSR count). The molecule has 0 spiro atoms. The van der Waals surface area contributed by atoms with Crippen LogP contribution in [-0.2, 0) is 17.2 Å². The Morgan fingerprint density at radius 3 is 2.95 bits per heavy atom. The van der Waals surface area contributed by atoms with Gasteiger partial charge in [0.1, 0.15) is 11.3 Å². The highest BCUT2D eigenvalue weighted by Gasteiger charge is 2.20. The lowest BCUT2D eigenvalue weighted by Crippen LogP contribution is -2.12. The Morgan fingerprint density at radius 2 is 2.25 bits per heavy atom. The Bertz CT molecular complexity index is 623. The van der Waals surface area contributed by atoms with Crippen LogP contribution in [0.1, 0.15) is 25.1 Å². The van der Waals surface area contributed by atoms with E-state index in [0.29, 0.717) is 17.9 Å². The molecule has 1 aromatic carbocycles. The molecular formula is C14H15ClF2N2O. The number of aromatic nitrogens is 2. The van der Waals surface area contributed by atoms with Gasteiger partial charge in [-0.15, -0.1) is 11.6 Å². The van der Waals surface area contributed by atoms with Gasteiger partial charge < -0.3 is 9.30 Å². The molecule has 1 aromatic heterocycles. The number of hydrogen-bond acceptors (Lipinski definition) is 2. The van der Waals surface area contributed by atoms with Crippen LogP contribution in [0.15, 0.2) is 12.1 Å². The van der Waals surface area contributed by atoms with Crippen molar-refractivity contribution in [2.75, 3.05) is 6.61 Å². The van der Waals surface area contributed by atoms with E-state index in [0.717, 1.165) is 31.9 Å². The zero-order valence-corrected chi connectivity index (χ0v) is 11.7. The average Bonchev–Trinajstić information content (AvgIpc) is 3.07. The minimum atomic E-state index is -0.864. The number of imidazole rings is 1. The average molecular weight is 301 g/mol. The van der Waals surface area contributed by atoms with Crippen molar-refractivity contribution >= 4 is 22.6 Å². The molecule has 0 radical (unpaired) electrons. The number of hydrogen-bond donors (Lipinski definition) is 0. The molecule has 1 aliphatic rings. The first-order valence-corrected chi connectivity index (χ1v) is 7.25. The molecule has 2 aromatic rings. The topological polar surface area (TPSA) is 27.1 Å². The quantitative estimate of drug-likeness (QED) is 0.806. The number of benzene rings is 1. The Morgan fingerprint density at radius 1 is 1.40 bits per heavy atom. The molecule has 0 aliphatic carbocycles. The van der Waals surface area contributed by atoms with E-state index in [1.807, 2.05) is 0 Å². The van der Waals surface area contributed by atoms with Crippen LogP contribution in [0.3, 0.4) is 0 Å². The molecule has 2 heterocycles. The van der Waals surface area contributed by atoms with Gasteiger partial charge in [-0.2, -0.15) is 0 Å². The largest absolute Gasteiger partial charge is 0.378 e. The summed E-state index contributed by atoms with van der Waals surface area (Å²) in [6.07, 6.45) is 3.01. The maximum atomic E-state index is 14.0. The van der Waals surface area contributed by atoms with Gasteiger partial charge in [-0.3, -0.25) is 0 Å². The van der Waals surface area contributed by atoms with E-state index in [2.05, 4.69) is 4.98 Å². The summed E-state index contributed by atoms with van der Waals surface area (Å²) >= 11 is 5.86. The molecule has 1 atom stereocenters. The predicted octanol–water partition coefficient (Wildman–Crippen LogP) is 3.62. The summed E-state index contributed by atoms with van der Waals surface area (Å²) < 4.78 is 34.6. The maximum absolute atomic E-state index is 14.0. The van der Waals surface area contributed by atoms with Crippen molar-refractivity contribution in [3.63, 3.8) is 0 Å². The number of rotatable bonds is 4. The fraction of sp³-hybridized carbons (Fsp3) is 0.500. The van der Waals surface area contributed by atoms with Crippen LogP contribution >= 0.6 is 11.6 Å². The lowest BCUT2D eigenvalue weighted by atomic mass is 10.2. The molecule has 3 nitrogen and oxygen atoms in total. The summed E-state index contributed by atoms with van der Waals surface area (Å²) in [6, 6.07) is 2.57. The van der Waals surface area contributed by atoms with Crippen molar-refractivity contribution < 1.29 is 13.5 Å². The van der Waals surface area contributed by atoms with Crippen LogP contribution in [-0.4, -0.2) is 22.3 Å². The third-order valence-corrected chi connectivity index (χ3v) is 3.94. The Kier molecular flexibility index (Phi) is 3.89. The molecule has 108 valence electrons. The van der Waals surface area contributed by atoms with Crippen molar-refractivity contribution in [1.29, 1.82) is 0 Å². The van der Waals surface area contributed by atoms with Gasteiger partial charge in [0, 0.05) is 13.2 Å². The second-order valence-corrected chi connectivity index (χ2v) is 5.23. The standard InChI is InChI=1S/C14H15ClF2N2O/c15-8-12-18-11-4-3-10(16)13(17)14(11)19(12)6-5-9-2-1-7-20-9/h3-4,9H,1-2,5-8H2. The summed E-state index contributed by atoms with van der Waals surface area (Å²) in [7, 11) is 0. The summed E-state index contributed by atoms with van der Waals surface area (Å²) in [5, 5.41) is 0. The lowest BCUT2D eigenvalue weighted by Gasteiger charge is -2.12. The Labute approximate surface area is 120 Å². The van der Waals surface area contributed by atoms with Crippen molar-refractivity contribution in [1.82, 2.24) is 9.55 Å². The summed E-state index contributed by atoms with van der Waals surface area (Å²) in [5.74, 6) is -0.999. The molecule has 0 saturated carbocycles. The van der Waals surface area contributed by atoms with E-state index in [4.69, 9.17) is 16.3 Å². The van der Waals surface area contributed by atoms with E-state index in [1.54, 1.807) is 4.57 Å². The van der Waals surface area contributed by atoms with Crippen molar-refractivity contribution in [3.05, 3.63) is 29.6 Å². The first kappa shape index (κ1) is 13.8. The summed E-state index contributed by atoms with van der Waals surface area (Å²) in [4.78, 5) is 4.26. The van der Waals surface area contributed by atoms with Crippen LogP contribution in [0.25, 0.3) is 11.0 Å². The van der Waals surface area contributed by atoms with Gasteiger partial charge in [-0.25, -0.2) is 13.8 Å². The molecule has 1 aliphatic heterocycles. The van der Waals surface area contributed by atoms with E-state index >= 15 is 0 Å². The smallest absolute Gasteiger partial charge is 0.184 e. The highest BCUT2D eigenvalue weighted by Crippen LogP contribution is 2.24. The fourth-order valence-electron chi connectivity index (χ4n) is 2.69. The monoisotopic (exact) mass is 300 g/mol. The van der Waals surface area contributed by atoms with E-state index < -0.39 is 11.6 Å². The van der Waals surface area contributed by atoms with Crippen molar-refractivity contribution in [3.8, 4) is 0 Å². The Balaban J connectivity index is 1.96. The van der Waals surface area contributed by atoms with E-state index in [9.17, 15) is 8.78 Å². The zero-order chi connectivity index (χ0) is 14.1. The van der Waals surface area contributed by atoms with E-state index in [1.165, 1.54) is 6.07 Å². The Hall–Kier alpha value is -1.20. The first-order chi connectivity index (χ1) is 9.70. The van der Waals surface area contributed by atoms with E-state index in [-0.39, 0.29) is 17.5 Å². The molecular weight excluding hydrogens is 286 g/mol. The molecule has 0 bridgehead atoms. The lowest BCUT2D eigenvalue weighted by molar-refractivity contribution is 0.100. The van der Waals surface area contributed by atoms with Gasteiger partial charge in [0.15, 0.2) is 11.6 Å². The number of nitrogens with zero attached hydrogens (tertiary/aromatic N) is 2. The number of ether oxygens (including phenoxy) is 1. The summed E-state index contributed by atoms with van der Waals surface area (Å²) in [5.41, 5.74) is 0.630. The van der Waals surface area contributed by atoms with Crippen LogP contribution in [0.5, 0.6) is 0 Å². The van der Waals surface area contributed by atoms with Crippen LogP contribution in [0.2, 0.25) is 0 Å². The number of alkyl halides is 1. The van der Waals surface area contributed by atoms with Gasteiger partial charge >= 0.3 is 0 Å². The van der Waals surface area contributed by atoms with Gasteiger partial charge in [0.05, 0.1) is 17.5 Å².